The Kier molecular flexibility index (Phi) is 5.31. The normalized spacial score (nSPS) is 11.9. The summed E-state index contributed by atoms with van der Waals surface area (Å²) in [5.41, 5.74) is 11.4. The van der Waals surface area contributed by atoms with E-state index in [2.05, 4.69) is 151 Å². The van der Waals surface area contributed by atoms with Gasteiger partial charge in [0.2, 0.25) is 0 Å². The highest BCUT2D eigenvalue weighted by atomic mass is 16.3. The molecular formula is C44H27NO. The first-order chi connectivity index (χ1) is 22.8. The van der Waals surface area contributed by atoms with Crippen molar-refractivity contribution in [2.24, 2.45) is 0 Å². The van der Waals surface area contributed by atoms with Crippen LogP contribution in [0.3, 0.4) is 0 Å². The number of furan rings is 1. The number of fused-ring (bicyclic) bond motifs is 8. The minimum atomic E-state index is 0.906. The zero-order chi connectivity index (χ0) is 30.2. The van der Waals surface area contributed by atoms with E-state index in [0.29, 0.717) is 0 Å². The highest BCUT2D eigenvalue weighted by Crippen LogP contribution is 2.46. The molecule has 2 nitrogen and oxygen atoms in total. The average Bonchev–Trinajstić information content (AvgIpc) is 3.68. The van der Waals surface area contributed by atoms with Gasteiger partial charge < -0.3 is 9.40 Å². The third-order valence-electron chi connectivity index (χ3n) is 9.59. The number of hydrogen-bond acceptors (Lipinski definition) is 1. The topological polar surface area (TPSA) is 28.9 Å². The van der Waals surface area contributed by atoms with E-state index in [-0.39, 0.29) is 0 Å². The second kappa shape index (κ2) is 9.69. The van der Waals surface area contributed by atoms with E-state index in [0.717, 1.165) is 38.5 Å². The van der Waals surface area contributed by atoms with Gasteiger partial charge in [0.15, 0.2) is 0 Å². The van der Waals surface area contributed by atoms with Crippen molar-refractivity contribution >= 4 is 65.3 Å². The molecule has 0 saturated carbocycles. The molecule has 0 saturated heterocycles. The molecule has 0 aliphatic rings. The summed E-state index contributed by atoms with van der Waals surface area (Å²) in [7, 11) is 0. The second-order valence-corrected chi connectivity index (χ2v) is 12.2. The lowest BCUT2D eigenvalue weighted by Crippen LogP contribution is -1.92. The number of nitrogens with one attached hydrogen (secondary N) is 1. The fourth-order valence-electron chi connectivity index (χ4n) is 7.50. The van der Waals surface area contributed by atoms with Crippen molar-refractivity contribution in [1.82, 2.24) is 4.98 Å². The smallest absolute Gasteiger partial charge is 0.136 e. The molecule has 2 heteroatoms. The van der Waals surface area contributed by atoms with Crippen molar-refractivity contribution in [3.05, 3.63) is 158 Å². The molecule has 0 fully saturated rings. The highest BCUT2D eigenvalue weighted by Gasteiger charge is 2.19. The molecular weight excluding hydrogens is 558 g/mol. The largest absolute Gasteiger partial charge is 0.456 e. The molecule has 46 heavy (non-hydrogen) atoms. The van der Waals surface area contributed by atoms with Crippen LogP contribution in [0.4, 0.5) is 0 Å². The number of aromatic nitrogens is 1. The Balaban J connectivity index is 1.32. The van der Waals surface area contributed by atoms with Gasteiger partial charge in [0.1, 0.15) is 11.2 Å². The minimum Gasteiger partial charge on any atom is -0.456 e. The van der Waals surface area contributed by atoms with Gasteiger partial charge in [0, 0.05) is 32.6 Å². The van der Waals surface area contributed by atoms with E-state index in [1.807, 2.05) is 12.1 Å². The zero-order valence-corrected chi connectivity index (χ0v) is 24.9. The summed E-state index contributed by atoms with van der Waals surface area (Å²) in [6.07, 6.45) is 0. The van der Waals surface area contributed by atoms with E-state index < -0.39 is 0 Å². The van der Waals surface area contributed by atoms with Crippen molar-refractivity contribution < 1.29 is 4.42 Å². The van der Waals surface area contributed by atoms with Crippen LogP contribution < -0.4 is 0 Å². The van der Waals surface area contributed by atoms with Crippen LogP contribution in [-0.2, 0) is 0 Å². The summed E-state index contributed by atoms with van der Waals surface area (Å²) < 4.78 is 6.39. The third kappa shape index (κ3) is 3.71. The molecule has 1 N–H and O–H groups in total. The van der Waals surface area contributed by atoms with Gasteiger partial charge in [-0.1, -0.05) is 115 Å². The molecule has 0 spiro atoms. The molecule has 10 rings (SSSR count). The van der Waals surface area contributed by atoms with Crippen molar-refractivity contribution in [3.63, 3.8) is 0 Å². The first-order valence-electron chi connectivity index (χ1n) is 15.8. The Morgan fingerprint density at radius 1 is 0.304 bits per heavy atom. The van der Waals surface area contributed by atoms with Crippen LogP contribution in [0.5, 0.6) is 0 Å². The van der Waals surface area contributed by atoms with Gasteiger partial charge in [0.25, 0.3) is 0 Å². The van der Waals surface area contributed by atoms with Gasteiger partial charge in [-0.05, 0) is 97.4 Å². The fraction of sp³-hybridized carbons (Fsp3) is 0. The average molecular weight is 586 g/mol. The number of para-hydroxylation sites is 2. The number of rotatable bonds is 3. The van der Waals surface area contributed by atoms with Gasteiger partial charge in [0.05, 0.1) is 0 Å². The maximum atomic E-state index is 6.39. The molecule has 8 aromatic carbocycles. The summed E-state index contributed by atoms with van der Waals surface area (Å²) in [4.78, 5) is 3.60. The molecule has 214 valence electrons. The first kappa shape index (κ1) is 25.2. The van der Waals surface area contributed by atoms with Gasteiger partial charge in [-0.3, -0.25) is 0 Å². The number of aromatic amines is 1. The van der Waals surface area contributed by atoms with E-state index in [4.69, 9.17) is 4.42 Å². The summed E-state index contributed by atoms with van der Waals surface area (Å²) >= 11 is 0. The third-order valence-corrected chi connectivity index (χ3v) is 9.59. The fourth-order valence-corrected chi connectivity index (χ4v) is 7.50. The number of hydrogen-bond donors (Lipinski definition) is 1. The quantitative estimate of drug-likeness (QED) is 0.205. The van der Waals surface area contributed by atoms with Gasteiger partial charge >= 0.3 is 0 Å². The summed E-state index contributed by atoms with van der Waals surface area (Å²) in [5, 5.41) is 9.70. The van der Waals surface area contributed by atoms with Crippen LogP contribution >= 0.6 is 0 Å². The van der Waals surface area contributed by atoms with Gasteiger partial charge in [-0.15, -0.1) is 0 Å². The lowest BCUT2D eigenvalue weighted by atomic mass is 9.84. The monoisotopic (exact) mass is 585 g/mol. The predicted molar refractivity (Wildman–Crippen MR) is 194 cm³/mol. The molecule has 10 aromatic rings. The van der Waals surface area contributed by atoms with Crippen molar-refractivity contribution in [3.8, 4) is 33.4 Å². The lowest BCUT2D eigenvalue weighted by molar-refractivity contribution is 0.669. The Labute approximate surface area is 265 Å². The van der Waals surface area contributed by atoms with Crippen LogP contribution in [-0.4, -0.2) is 4.98 Å². The Bertz CT molecular complexity index is 2800. The van der Waals surface area contributed by atoms with Gasteiger partial charge in [-0.25, -0.2) is 0 Å². The van der Waals surface area contributed by atoms with E-state index >= 15 is 0 Å². The molecule has 2 heterocycles. The molecule has 2 aromatic heterocycles. The van der Waals surface area contributed by atoms with E-state index in [1.54, 1.807) is 0 Å². The molecule has 0 aliphatic carbocycles. The molecule has 0 bridgehead atoms. The Hall–Kier alpha value is -6.12. The first-order valence-corrected chi connectivity index (χ1v) is 15.8. The van der Waals surface area contributed by atoms with Crippen LogP contribution in [0.1, 0.15) is 0 Å². The number of benzene rings is 8. The van der Waals surface area contributed by atoms with Crippen molar-refractivity contribution in [1.29, 1.82) is 0 Å². The summed E-state index contributed by atoms with van der Waals surface area (Å²) in [5.74, 6) is 0. The SMILES string of the molecule is c1ccc(-c2ccc3c(-c4ccc5[nH]c6ccccc6c5c4)c4ccccc4c(-c4ccc5c(c4)oc4ccccc45)c3c2)cc1. The lowest BCUT2D eigenvalue weighted by Gasteiger charge is -2.19. The molecule has 0 amide bonds. The molecule has 0 atom stereocenters. The van der Waals surface area contributed by atoms with Crippen LogP contribution in [0.25, 0.3) is 98.7 Å². The van der Waals surface area contributed by atoms with Gasteiger partial charge in [-0.2, -0.15) is 0 Å². The summed E-state index contributed by atoms with van der Waals surface area (Å²) in [6, 6.07) is 56.9. The van der Waals surface area contributed by atoms with E-state index in [1.165, 1.54) is 60.1 Å². The summed E-state index contributed by atoms with van der Waals surface area (Å²) in [6.45, 7) is 0. The molecule has 0 unspecified atom stereocenters. The standard InChI is InChI=1S/C44H27NO/c1-2-10-27(11-3-1)28-18-22-36-38(24-28)44(30-19-21-33-32-13-7-9-17-41(32)46-42(33)26-30)35-15-5-4-14-34(35)43(36)29-20-23-40-37(25-29)31-12-6-8-16-39(31)45-40/h1-26,45H. The van der Waals surface area contributed by atoms with E-state index in [9.17, 15) is 0 Å². The zero-order valence-electron chi connectivity index (χ0n) is 24.9. The Morgan fingerprint density at radius 3 is 1.70 bits per heavy atom. The van der Waals surface area contributed by atoms with Crippen LogP contribution in [0.2, 0.25) is 0 Å². The second-order valence-electron chi connectivity index (χ2n) is 12.2. The van der Waals surface area contributed by atoms with Crippen LogP contribution in [0, 0.1) is 0 Å². The maximum absolute atomic E-state index is 6.39. The minimum absolute atomic E-state index is 0.906. The van der Waals surface area contributed by atoms with Crippen LogP contribution in [0.15, 0.2) is 162 Å². The maximum Gasteiger partial charge on any atom is 0.136 e. The van der Waals surface area contributed by atoms with Crippen molar-refractivity contribution in [2.75, 3.05) is 0 Å². The Morgan fingerprint density at radius 2 is 0.848 bits per heavy atom. The highest BCUT2D eigenvalue weighted by molar-refractivity contribution is 6.23. The predicted octanol–water partition coefficient (Wildman–Crippen LogP) is 12.5. The van der Waals surface area contributed by atoms with Crippen molar-refractivity contribution in [2.45, 2.75) is 0 Å². The molecule has 0 aliphatic heterocycles. The molecule has 0 radical (unpaired) electrons. The number of H-pyrrole nitrogens is 1.